The Morgan fingerprint density at radius 3 is 2.52 bits per heavy atom. The van der Waals surface area contributed by atoms with Crippen LogP contribution in [0.5, 0.6) is 5.75 Å². The molecule has 0 aliphatic carbocycles. The summed E-state index contributed by atoms with van der Waals surface area (Å²) in [5, 5.41) is 13.8. The molecule has 116 valence electrons. The van der Waals surface area contributed by atoms with Crippen molar-refractivity contribution in [2.75, 3.05) is 13.2 Å². The van der Waals surface area contributed by atoms with Gasteiger partial charge < -0.3 is 20.5 Å². The minimum atomic E-state index is -0.859. The number of nitrogens with one attached hydrogen (secondary N) is 2. The summed E-state index contributed by atoms with van der Waals surface area (Å²) in [5.74, 6) is -0.0405. The van der Waals surface area contributed by atoms with Gasteiger partial charge >= 0.3 is 12.0 Å². The summed E-state index contributed by atoms with van der Waals surface area (Å²) in [6, 6.07) is 7.24. The molecule has 0 saturated heterocycles. The van der Waals surface area contributed by atoms with Gasteiger partial charge in [0, 0.05) is 19.5 Å². The fraction of sp³-hybridized carbons (Fsp3) is 0.467. The van der Waals surface area contributed by atoms with Crippen molar-refractivity contribution in [1.82, 2.24) is 10.6 Å². The van der Waals surface area contributed by atoms with Crippen LogP contribution in [0.4, 0.5) is 4.79 Å². The van der Waals surface area contributed by atoms with Gasteiger partial charge in [-0.1, -0.05) is 19.1 Å². The van der Waals surface area contributed by atoms with Gasteiger partial charge in [-0.25, -0.2) is 4.79 Å². The quantitative estimate of drug-likeness (QED) is 0.609. The van der Waals surface area contributed by atoms with E-state index in [1.807, 2.05) is 31.2 Å². The third-order valence-electron chi connectivity index (χ3n) is 2.70. The number of carbonyl (C=O) groups is 2. The van der Waals surface area contributed by atoms with Crippen molar-refractivity contribution >= 4 is 12.0 Å². The highest BCUT2D eigenvalue weighted by Crippen LogP contribution is 2.12. The second kappa shape index (κ2) is 9.63. The first-order valence-electron chi connectivity index (χ1n) is 7.07. The van der Waals surface area contributed by atoms with Crippen molar-refractivity contribution in [2.24, 2.45) is 0 Å². The molecule has 6 nitrogen and oxygen atoms in total. The molecule has 0 fully saturated rings. The zero-order valence-corrected chi connectivity index (χ0v) is 12.2. The van der Waals surface area contributed by atoms with Gasteiger partial charge in [0.25, 0.3) is 0 Å². The minimum Gasteiger partial charge on any atom is -0.494 e. The Morgan fingerprint density at radius 1 is 1.19 bits per heavy atom. The third kappa shape index (κ3) is 7.81. The Hall–Kier alpha value is -2.24. The van der Waals surface area contributed by atoms with Crippen molar-refractivity contribution in [3.05, 3.63) is 29.8 Å². The molecule has 0 unspecified atom stereocenters. The van der Waals surface area contributed by atoms with Gasteiger partial charge in [-0.15, -0.1) is 0 Å². The van der Waals surface area contributed by atoms with Crippen LogP contribution in [0.15, 0.2) is 24.3 Å². The Morgan fingerprint density at radius 2 is 1.90 bits per heavy atom. The Labute approximate surface area is 124 Å². The van der Waals surface area contributed by atoms with Crippen LogP contribution in [-0.4, -0.2) is 30.3 Å². The molecule has 0 radical (unpaired) electrons. The molecule has 1 aromatic carbocycles. The topological polar surface area (TPSA) is 87.7 Å². The summed E-state index contributed by atoms with van der Waals surface area (Å²) < 4.78 is 5.47. The molecule has 0 aliphatic heterocycles. The van der Waals surface area contributed by atoms with Crippen molar-refractivity contribution in [3.63, 3.8) is 0 Å². The summed E-state index contributed by atoms with van der Waals surface area (Å²) in [5.41, 5.74) is 0.972. The predicted octanol–water partition coefficient (Wildman–Crippen LogP) is 2.14. The van der Waals surface area contributed by atoms with Crippen molar-refractivity contribution in [1.29, 1.82) is 0 Å². The third-order valence-corrected chi connectivity index (χ3v) is 2.70. The average molecular weight is 294 g/mol. The number of carboxylic acids is 1. The van der Waals surface area contributed by atoms with Crippen LogP contribution in [0.1, 0.15) is 31.7 Å². The Balaban J connectivity index is 2.21. The number of amides is 2. The van der Waals surface area contributed by atoms with E-state index in [1.165, 1.54) is 0 Å². The van der Waals surface area contributed by atoms with Gasteiger partial charge in [-0.2, -0.15) is 0 Å². The molecule has 21 heavy (non-hydrogen) atoms. The first-order chi connectivity index (χ1) is 10.1. The molecule has 0 aromatic heterocycles. The zero-order chi connectivity index (χ0) is 15.5. The van der Waals surface area contributed by atoms with E-state index in [0.29, 0.717) is 26.1 Å². The Kier molecular flexibility index (Phi) is 7.71. The highest BCUT2D eigenvalue weighted by atomic mass is 16.5. The monoisotopic (exact) mass is 294 g/mol. The summed E-state index contributed by atoms with van der Waals surface area (Å²) in [6.07, 6.45) is 1.44. The molecule has 6 heteroatoms. The van der Waals surface area contributed by atoms with Crippen LogP contribution in [0.2, 0.25) is 0 Å². The van der Waals surface area contributed by atoms with E-state index in [0.717, 1.165) is 17.7 Å². The van der Waals surface area contributed by atoms with E-state index >= 15 is 0 Å². The first-order valence-corrected chi connectivity index (χ1v) is 7.07. The second-order valence-electron chi connectivity index (χ2n) is 4.60. The Bertz CT molecular complexity index is 445. The van der Waals surface area contributed by atoms with E-state index in [9.17, 15) is 9.59 Å². The van der Waals surface area contributed by atoms with Crippen LogP contribution >= 0.6 is 0 Å². The number of aliphatic carboxylic acids is 1. The lowest BCUT2D eigenvalue weighted by Gasteiger charge is -2.08. The highest BCUT2D eigenvalue weighted by molar-refractivity contribution is 5.73. The fourth-order valence-electron chi connectivity index (χ4n) is 1.61. The molecule has 0 heterocycles. The van der Waals surface area contributed by atoms with Crippen molar-refractivity contribution in [3.8, 4) is 5.75 Å². The van der Waals surface area contributed by atoms with Gasteiger partial charge in [-0.05, 0) is 30.5 Å². The minimum absolute atomic E-state index is 0.0551. The fourth-order valence-corrected chi connectivity index (χ4v) is 1.61. The number of hydrogen-bond acceptors (Lipinski definition) is 3. The van der Waals surface area contributed by atoms with E-state index in [2.05, 4.69) is 10.6 Å². The molecule has 1 aromatic rings. The maximum absolute atomic E-state index is 11.5. The van der Waals surface area contributed by atoms with Gasteiger partial charge in [0.05, 0.1) is 6.61 Å². The van der Waals surface area contributed by atoms with E-state index in [4.69, 9.17) is 9.84 Å². The normalized spacial score (nSPS) is 9.95. The lowest BCUT2D eigenvalue weighted by molar-refractivity contribution is -0.137. The summed E-state index contributed by atoms with van der Waals surface area (Å²) in [6.45, 7) is 3.50. The predicted molar refractivity (Wildman–Crippen MR) is 79.3 cm³/mol. The molecular formula is C15H22N2O4. The van der Waals surface area contributed by atoms with Crippen molar-refractivity contribution < 1.29 is 19.4 Å². The molecule has 0 aliphatic rings. The molecule has 2 amide bonds. The molecule has 0 saturated carbocycles. The molecule has 0 spiro atoms. The molecule has 3 N–H and O–H groups in total. The van der Waals surface area contributed by atoms with E-state index in [1.54, 1.807) is 0 Å². The molecular weight excluding hydrogens is 272 g/mol. The van der Waals surface area contributed by atoms with E-state index < -0.39 is 5.97 Å². The molecule has 0 atom stereocenters. The number of hydrogen-bond donors (Lipinski definition) is 3. The second-order valence-corrected chi connectivity index (χ2v) is 4.60. The van der Waals surface area contributed by atoms with Crippen LogP contribution in [0, 0.1) is 0 Å². The maximum Gasteiger partial charge on any atom is 0.315 e. The number of ether oxygens (including phenoxy) is 1. The van der Waals surface area contributed by atoms with Crippen molar-refractivity contribution in [2.45, 2.75) is 32.7 Å². The van der Waals surface area contributed by atoms with Gasteiger partial charge in [0.1, 0.15) is 5.75 Å². The molecule has 1 rings (SSSR count). The number of carboxylic acid groups (broad SMARTS) is 1. The number of benzene rings is 1. The number of urea groups is 1. The van der Waals surface area contributed by atoms with Gasteiger partial charge in [0.15, 0.2) is 0 Å². The van der Waals surface area contributed by atoms with Crippen LogP contribution in [0.25, 0.3) is 0 Å². The lowest BCUT2D eigenvalue weighted by Crippen LogP contribution is -2.35. The standard InChI is InChI=1S/C15H22N2O4/c1-2-10-21-13-7-5-12(6-8-13)11-17-15(20)16-9-3-4-14(18)19/h5-8H,2-4,9-11H2,1H3,(H,18,19)(H2,16,17,20). The summed E-state index contributed by atoms with van der Waals surface area (Å²) >= 11 is 0. The molecule has 0 bridgehead atoms. The lowest BCUT2D eigenvalue weighted by atomic mass is 10.2. The van der Waals surface area contributed by atoms with Crippen LogP contribution < -0.4 is 15.4 Å². The first kappa shape index (κ1) is 16.8. The largest absolute Gasteiger partial charge is 0.494 e. The SMILES string of the molecule is CCCOc1ccc(CNC(=O)NCCCC(=O)O)cc1. The summed E-state index contributed by atoms with van der Waals surface area (Å²) in [7, 11) is 0. The zero-order valence-electron chi connectivity index (χ0n) is 12.2. The van der Waals surface area contributed by atoms with Gasteiger partial charge in [0.2, 0.25) is 0 Å². The highest BCUT2D eigenvalue weighted by Gasteiger charge is 2.02. The smallest absolute Gasteiger partial charge is 0.315 e. The maximum atomic E-state index is 11.5. The van der Waals surface area contributed by atoms with Gasteiger partial charge in [-0.3, -0.25) is 4.79 Å². The van der Waals surface area contributed by atoms with Crippen LogP contribution in [0.3, 0.4) is 0 Å². The van der Waals surface area contributed by atoms with E-state index in [-0.39, 0.29) is 12.5 Å². The number of carbonyl (C=O) groups excluding carboxylic acids is 1. The number of rotatable bonds is 9. The summed E-state index contributed by atoms with van der Waals surface area (Å²) in [4.78, 5) is 21.8. The average Bonchev–Trinajstić information content (AvgIpc) is 2.48. The van der Waals surface area contributed by atoms with Crippen LogP contribution in [-0.2, 0) is 11.3 Å².